The molecule has 0 bridgehead atoms. The molecule has 0 spiro atoms. The Balaban J connectivity index is 2.72. The fraction of sp³-hybridized carbons (Fsp3) is 0.353. The van der Waals surface area contributed by atoms with E-state index in [1.807, 2.05) is 32.9 Å². The van der Waals surface area contributed by atoms with E-state index in [0.29, 0.717) is 6.42 Å². The maximum Gasteiger partial charge on any atom is 0.303 e. The Morgan fingerprint density at radius 3 is 2.70 bits per heavy atom. The van der Waals surface area contributed by atoms with Crippen LogP contribution in [-0.2, 0) is 9.53 Å². The standard InChI is InChI=1S/C17H20O3/c1-13(2)6-5-7-14(3)8-9-17(20-15(4)18)16-10-11-19-12-16/h6,8,10-12,17H,9H2,1-4H3/b14-8+/t17-/m0/s1. The summed E-state index contributed by atoms with van der Waals surface area (Å²) < 4.78 is 10.3. The molecule has 1 atom stereocenters. The van der Waals surface area contributed by atoms with Gasteiger partial charge in [0.05, 0.1) is 12.5 Å². The Morgan fingerprint density at radius 2 is 2.15 bits per heavy atom. The topological polar surface area (TPSA) is 39.4 Å². The lowest BCUT2D eigenvalue weighted by molar-refractivity contribution is -0.146. The van der Waals surface area contributed by atoms with Crippen LogP contribution in [0.3, 0.4) is 0 Å². The van der Waals surface area contributed by atoms with E-state index in [-0.39, 0.29) is 12.1 Å². The van der Waals surface area contributed by atoms with Gasteiger partial charge in [-0.05, 0) is 38.5 Å². The van der Waals surface area contributed by atoms with E-state index in [1.165, 1.54) is 12.5 Å². The van der Waals surface area contributed by atoms with Crippen LogP contribution in [0, 0.1) is 11.8 Å². The predicted molar refractivity (Wildman–Crippen MR) is 78.8 cm³/mol. The highest BCUT2D eigenvalue weighted by Crippen LogP contribution is 2.23. The van der Waals surface area contributed by atoms with E-state index in [0.717, 1.165) is 11.1 Å². The first-order valence-corrected chi connectivity index (χ1v) is 6.50. The van der Waals surface area contributed by atoms with E-state index in [2.05, 4.69) is 11.8 Å². The molecule has 1 rings (SSSR count). The molecule has 106 valence electrons. The lowest BCUT2D eigenvalue weighted by atomic mass is 10.1. The summed E-state index contributed by atoms with van der Waals surface area (Å²) in [6.45, 7) is 7.34. The van der Waals surface area contributed by atoms with Crippen LogP contribution in [0.5, 0.6) is 0 Å². The van der Waals surface area contributed by atoms with E-state index in [1.54, 1.807) is 18.6 Å². The van der Waals surface area contributed by atoms with Crippen molar-refractivity contribution < 1.29 is 13.9 Å². The third-order valence-electron chi connectivity index (χ3n) is 2.49. The normalized spacial score (nSPS) is 12.1. The van der Waals surface area contributed by atoms with E-state index < -0.39 is 0 Å². The molecule has 3 nitrogen and oxygen atoms in total. The summed E-state index contributed by atoms with van der Waals surface area (Å²) in [5, 5.41) is 0. The Hall–Kier alpha value is -2.21. The molecular weight excluding hydrogens is 252 g/mol. The Bertz CT molecular complexity index is 547. The molecule has 3 heteroatoms. The van der Waals surface area contributed by atoms with Gasteiger partial charge in [0.1, 0.15) is 6.10 Å². The molecule has 0 unspecified atom stereocenters. The Morgan fingerprint density at radius 1 is 1.40 bits per heavy atom. The first-order valence-electron chi connectivity index (χ1n) is 6.50. The van der Waals surface area contributed by atoms with Crippen LogP contribution in [0.25, 0.3) is 0 Å². The summed E-state index contributed by atoms with van der Waals surface area (Å²) in [5.74, 6) is 5.71. The minimum Gasteiger partial charge on any atom is -0.472 e. The molecule has 0 amide bonds. The van der Waals surface area contributed by atoms with Crippen molar-refractivity contribution in [3.05, 3.63) is 47.5 Å². The van der Waals surface area contributed by atoms with Gasteiger partial charge in [-0.1, -0.05) is 23.5 Å². The third-order valence-corrected chi connectivity index (χ3v) is 2.49. The van der Waals surface area contributed by atoms with Gasteiger partial charge in [-0.15, -0.1) is 0 Å². The largest absolute Gasteiger partial charge is 0.472 e. The van der Waals surface area contributed by atoms with Crippen LogP contribution < -0.4 is 0 Å². The van der Waals surface area contributed by atoms with E-state index >= 15 is 0 Å². The number of ether oxygens (including phenoxy) is 1. The van der Waals surface area contributed by atoms with Gasteiger partial charge in [0.25, 0.3) is 0 Å². The molecule has 0 aromatic carbocycles. The molecule has 1 heterocycles. The Labute approximate surface area is 120 Å². The van der Waals surface area contributed by atoms with Crippen molar-refractivity contribution >= 4 is 5.97 Å². The SMILES string of the molecule is CC(=O)O[C@@H](C/C=C(\C)C#CC=C(C)C)c1ccoc1. The zero-order valence-electron chi connectivity index (χ0n) is 12.4. The number of allylic oxidation sites excluding steroid dienone is 3. The lowest BCUT2D eigenvalue weighted by Crippen LogP contribution is -2.07. The molecule has 0 fully saturated rings. The molecular formula is C17H20O3. The summed E-state index contributed by atoms with van der Waals surface area (Å²) in [7, 11) is 0. The van der Waals surface area contributed by atoms with Gasteiger partial charge in [0.2, 0.25) is 0 Å². The second-order valence-corrected chi connectivity index (χ2v) is 4.77. The second-order valence-electron chi connectivity index (χ2n) is 4.77. The molecule has 0 aliphatic heterocycles. The van der Waals surface area contributed by atoms with Gasteiger partial charge in [-0.3, -0.25) is 4.79 Å². The average molecular weight is 272 g/mol. The highest BCUT2D eigenvalue weighted by atomic mass is 16.5. The van der Waals surface area contributed by atoms with E-state index in [9.17, 15) is 4.79 Å². The number of carbonyl (C=O) groups is 1. The maximum atomic E-state index is 11.1. The minimum absolute atomic E-state index is 0.308. The molecule has 1 aromatic rings. The number of rotatable bonds is 4. The van der Waals surface area contributed by atoms with Crippen molar-refractivity contribution in [1.29, 1.82) is 0 Å². The molecule has 0 N–H and O–H groups in total. The highest BCUT2D eigenvalue weighted by molar-refractivity contribution is 5.66. The second kappa shape index (κ2) is 8.06. The van der Waals surface area contributed by atoms with Gasteiger partial charge in [0.15, 0.2) is 0 Å². The lowest BCUT2D eigenvalue weighted by Gasteiger charge is -2.13. The Kier molecular flexibility index (Phi) is 6.39. The number of furan rings is 1. The molecule has 0 radical (unpaired) electrons. The first kappa shape index (κ1) is 15.8. The fourth-order valence-electron chi connectivity index (χ4n) is 1.54. The molecule has 0 saturated carbocycles. The zero-order valence-corrected chi connectivity index (χ0v) is 12.4. The monoisotopic (exact) mass is 272 g/mol. The van der Waals surface area contributed by atoms with Crippen LogP contribution in [0.2, 0.25) is 0 Å². The summed E-state index contributed by atoms with van der Waals surface area (Å²) >= 11 is 0. The quantitative estimate of drug-likeness (QED) is 0.609. The van der Waals surface area contributed by atoms with Crippen molar-refractivity contribution in [2.75, 3.05) is 0 Å². The van der Waals surface area contributed by atoms with Crippen LogP contribution in [-0.4, -0.2) is 5.97 Å². The highest BCUT2D eigenvalue weighted by Gasteiger charge is 2.14. The molecule has 20 heavy (non-hydrogen) atoms. The summed E-state index contributed by atoms with van der Waals surface area (Å²) in [6, 6.07) is 1.80. The van der Waals surface area contributed by atoms with Gasteiger partial charge in [-0.25, -0.2) is 0 Å². The number of carbonyl (C=O) groups excluding carboxylic acids is 1. The molecule has 0 aliphatic carbocycles. The maximum absolute atomic E-state index is 11.1. The fourth-order valence-corrected chi connectivity index (χ4v) is 1.54. The summed E-state index contributed by atoms with van der Waals surface area (Å²) in [6.07, 6.45) is 7.24. The van der Waals surface area contributed by atoms with Gasteiger partial charge >= 0.3 is 5.97 Å². The van der Waals surface area contributed by atoms with Gasteiger partial charge < -0.3 is 9.15 Å². The van der Waals surface area contributed by atoms with Crippen LogP contribution in [0.4, 0.5) is 0 Å². The van der Waals surface area contributed by atoms with E-state index in [4.69, 9.17) is 9.15 Å². The average Bonchev–Trinajstić information content (AvgIpc) is 2.87. The number of esters is 1. The van der Waals surface area contributed by atoms with Crippen LogP contribution >= 0.6 is 0 Å². The third kappa shape index (κ3) is 6.10. The van der Waals surface area contributed by atoms with Gasteiger partial charge in [-0.2, -0.15) is 0 Å². The summed E-state index contributed by atoms with van der Waals surface area (Å²) in [5.41, 5.74) is 2.96. The van der Waals surface area contributed by atoms with Crippen molar-refractivity contribution in [3.8, 4) is 11.8 Å². The van der Waals surface area contributed by atoms with Crippen LogP contribution in [0.15, 0.2) is 46.3 Å². The number of hydrogen-bond acceptors (Lipinski definition) is 3. The van der Waals surface area contributed by atoms with Crippen LogP contribution in [0.1, 0.15) is 45.8 Å². The van der Waals surface area contributed by atoms with Gasteiger partial charge in [0, 0.05) is 18.9 Å². The van der Waals surface area contributed by atoms with Crippen molar-refractivity contribution in [2.45, 2.75) is 40.2 Å². The predicted octanol–water partition coefficient (Wildman–Crippen LogP) is 4.19. The first-order chi connectivity index (χ1) is 9.49. The molecule has 0 saturated heterocycles. The van der Waals surface area contributed by atoms with Crippen molar-refractivity contribution in [2.24, 2.45) is 0 Å². The van der Waals surface area contributed by atoms with Crippen molar-refractivity contribution in [3.63, 3.8) is 0 Å². The molecule has 0 aliphatic rings. The number of hydrogen-bond donors (Lipinski definition) is 0. The smallest absolute Gasteiger partial charge is 0.303 e. The van der Waals surface area contributed by atoms with Crippen molar-refractivity contribution in [1.82, 2.24) is 0 Å². The molecule has 1 aromatic heterocycles. The zero-order chi connectivity index (χ0) is 15.0. The summed E-state index contributed by atoms with van der Waals surface area (Å²) in [4.78, 5) is 11.1. The minimum atomic E-state index is -0.327.